The van der Waals surface area contributed by atoms with Gasteiger partial charge in [-0.2, -0.15) is 0 Å². The lowest BCUT2D eigenvalue weighted by atomic mass is 9.90. The molecule has 0 unspecified atom stereocenters. The number of aromatic nitrogens is 1. The zero-order valence-corrected chi connectivity index (χ0v) is 24.6. The van der Waals surface area contributed by atoms with Gasteiger partial charge in [-0.25, -0.2) is 0 Å². The van der Waals surface area contributed by atoms with E-state index in [2.05, 4.69) is 84.6 Å². The second-order valence-corrected chi connectivity index (χ2v) is 9.14. The zero-order valence-electron chi connectivity index (χ0n) is 24.6. The molecule has 35 heavy (non-hydrogen) atoms. The molecule has 200 valence electrons. The summed E-state index contributed by atoms with van der Waals surface area (Å²) in [6, 6.07) is 12.9. The highest BCUT2D eigenvalue weighted by atomic mass is 14.6. The average molecular weight is 483 g/mol. The number of unbranched alkanes of at least 4 members (excludes halogenated alkanes) is 2. The van der Waals surface area contributed by atoms with Gasteiger partial charge < -0.3 is 5.41 Å². The van der Waals surface area contributed by atoms with Crippen molar-refractivity contribution in [2.75, 3.05) is 0 Å². The van der Waals surface area contributed by atoms with Gasteiger partial charge in [-0.05, 0) is 79.7 Å². The van der Waals surface area contributed by atoms with E-state index in [1.807, 2.05) is 24.5 Å². The van der Waals surface area contributed by atoms with Gasteiger partial charge in [0.1, 0.15) is 0 Å². The first-order valence-electron chi connectivity index (χ1n) is 14.5. The summed E-state index contributed by atoms with van der Waals surface area (Å²) in [5.74, 6) is 0.585. The molecular formula is C33H58N2. The molecule has 1 heterocycles. The first kappa shape index (κ1) is 35.2. The fourth-order valence-corrected chi connectivity index (χ4v) is 3.39. The van der Waals surface area contributed by atoms with Crippen molar-refractivity contribution in [2.24, 2.45) is 5.92 Å². The van der Waals surface area contributed by atoms with E-state index in [1.165, 1.54) is 68.1 Å². The predicted molar refractivity (Wildman–Crippen MR) is 160 cm³/mol. The number of hydrogen-bond acceptors (Lipinski definition) is 2. The molecule has 0 atom stereocenters. The van der Waals surface area contributed by atoms with Gasteiger partial charge in [0, 0.05) is 18.1 Å². The fraction of sp³-hybridized carbons (Fsp3) is 0.636. The number of aryl methyl sites for hydroxylation is 3. The lowest BCUT2D eigenvalue weighted by molar-refractivity contribution is 0.545. The van der Waals surface area contributed by atoms with Crippen LogP contribution in [0.4, 0.5) is 0 Å². The second kappa shape index (κ2) is 26.6. The van der Waals surface area contributed by atoms with Crippen molar-refractivity contribution in [3.8, 4) is 0 Å². The van der Waals surface area contributed by atoms with E-state index < -0.39 is 0 Å². The Hall–Kier alpha value is -1.96. The molecule has 2 nitrogen and oxygen atoms in total. The van der Waals surface area contributed by atoms with E-state index in [0.29, 0.717) is 5.92 Å². The minimum atomic E-state index is 0.585. The van der Waals surface area contributed by atoms with Crippen LogP contribution in [0.25, 0.3) is 0 Å². The maximum atomic E-state index is 7.96. The first-order chi connectivity index (χ1) is 17.0. The van der Waals surface area contributed by atoms with E-state index in [1.54, 1.807) is 0 Å². The third-order valence-electron chi connectivity index (χ3n) is 6.06. The molecule has 0 radical (unpaired) electrons. The van der Waals surface area contributed by atoms with Crippen molar-refractivity contribution in [2.45, 2.75) is 132 Å². The summed E-state index contributed by atoms with van der Waals surface area (Å²) in [6.45, 7) is 17.5. The van der Waals surface area contributed by atoms with Crippen molar-refractivity contribution >= 4 is 5.71 Å². The fourth-order valence-electron chi connectivity index (χ4n) is 3.39. The maximum absolute atomic E-state index is 7.96. The number of rotatable bonds is 12. The van der Waals surface area contributed by atoms with Crippen molar-refractivity contribution in [3.63, 3.8) is 0 Å². The molecule has 1 aromatic heterocycles. The quantitative estimate of drug-likeness (QED) is 0.300. The highest BCUT2D eigenvalue weighted by molar-refractivity contribution is 5.83. The van der Waals surface area contributed by atoms with Crippen LogP contribution in [0.15, 0.2) is 48.8 Å². The summed E-state index contributed by atoms with van der Waals surface area (Å²) in [5, 5.41) is 7.96. The topological polar surface area (TPSA) is 36.7 Å². The lowest BCUT2D eigenvalue weighted by Crippen LogP contribution is -2.13. The Balaban J connectivity index is 0. The van der Waals surface area contributed by atoms with Crippen molar-refractivity contribution < 1.29 is 0 Å². The van der Waals surface area contributed by atoms with Crippen LogP contribution in [-0.4, -0.2) is 10.7 Å². The zero-order chi connectivity index (χ0) is 26.7. The van der Waals surface area contributed by atoms with Gasteiger partial charge in [0.2, 0.25) is 0 Å². The summed E-state index contributed by atoms with van der Waals surface area (Å²) < 4.78 is 0. The van der Waals surface area contributed by atoms with Crippen molar-refractivity contribution in [1.29, 1.82) is 5.41 Å². The monoisotopic (exact) mass is 482 g/mol. The van der Waals surface area contributed by atoms with Crippen LogP contribution in [0.2, 0.25) is 0 Å². The number of nitrogens with one attached hydrogen (secondary N) is 1. The third-order valence-corrected chi connectivity index (χ3v) is 6.06. The highest BCUT2D eigenvalue weighted by Gasteiger charge is 2.11. The van der Waals surface area contributed by atoms with Gasteiger partial charge in [-0.3, -0.25) is 4.98 Å². The molecule has 0 saturated carbocycles. The molecular weight excluding hydrogens is 424 g/mol. The standard InChI is InChI=1S/C12H25N.C10H14.C7H9N.C4H10/c1-4-7-10-12(13)11(8-5-2)9-6-3;1-3-9-5-7-10(4-2)8-6-9;1-2-7-3-5-8-6-4-7;1-3-4-2/h11,13H,4-10H2,1-3H3;5-8H,3-4H2,1-2H3;3-6H,2H2,1H3;3-4H2,1-2H3. The molecule has 0 spiro atoms. The molecule has 2 aromatic rings. The molecule has 0 aliphatic heterocycles. The SMILES string of the molecule is CCCC.CCCCC(=N)C(CCC)CCC.CCc1ccc(CC)cc1.CCc1ccncc1. The number of benzene rings is 1. The van der Waals surface area contributed by atoms with Crippen molar-refractivity contribution in [1.82, 2.24) is 4.98 Å². The summed E-state index contributed by atoms with van der Waals surface area (Å²) >= 11 is 0. The van der Waals surface area contributed by atoms with Crippen LogP contribution < -0.4 is 0 Å². The Morgan fingerprint density at radius 2 is 1.00 bits per heavy atom. The molecule has 0 bridgehead atoms. The molecule has 0 aliphatic rings. The molecule has 2 rings (SSSR count). The van der Waals surface area contributed by atoms with Gasteiger partial charge in [-0.1, -0.05) is 112 Å². The van der Waals surface area contributed by atoms with Gasteiger partial charge in [0.15, 0.2) is 0 Å². The average Bonchev–Trinajstić information content (AvgIpc) is 2.92. The van der Waals surface area contributed by atoms with E-state index in [9.17, 15) is 0 Å². The van der Waals surface area contributed by atoms with Crippen LogP contribution in [0.5, 0.6) is 0 Å². The highest BCUT2D eigenvalue weighted by Crippen LogP contribution is 2.17. The predicted octanol–water partition coefficient (Wildman–Crippen LogP) is 10.7. The first-order valence-corrected chi connectivity index (χ1v) is 14.5. The van der Waals surface area contributed by atoms with Gasteiger partial charge in [0.05, 0.1) is 0 Å². The largest absolute Gasteiger partial charge is 0.309 e. The molecule has 0 amide bonds. The Bertz CT molecular complexity index is 645. The summed E-state index contributed by atoms with van der Waals surface area (Å²) in [5.41, 5.74) is 5.21. The number of pyridine rings is 1. The maximum Gasteiger partial charge on any atom is 0.0270 e. The van der Waals surface area contributed by atoms with Gasteiger partial charge >= 0.3 is 0 Å². The van der Waals surface area contributed by atoms with E-state index in [-0.39, 0.29) is 0 Å². The lowest BCUT2D eigenvalue weighted by Gasteiger charge is -2.16. The molecule has 0 aliphatic carbocycles. The van der Waals surface area contributed by atoms with Gasteiger partial charge in [-0.15, -0.1) is 0 Å². The summed E-state index contributed by atoms with van der Waals surface area (Å²) in [7, 11) is 0. The molecule has 1 N–H and O–H groups in total. The summed E-state index contributed by atoms with van der Waals surface area (Å²) in [4.78, 5) is 3.89. The molecule has 0 saturated heterocycles. The minimum absolute atomic E-state index is 0.585. The van der Waals surface area contributed by atoms with E-state index in [4.69, 9.17) is 5.41 Å². The van der Waals surface area contributed by atoms with Crippen LogP contribution in [0, 0.1) is 11.3 Å². The Morgan fingerprint density at radius 1 is 0.600 bits per heavy atom. The third kappa shape index (κ3) is 21.1. The molecule has 1 aromatic carbocycles. The van der Waals surface area contributed by atoms with Crippen LogP contribution >= 0.6 is 0 Å². The number of hydrogen-bond donors (Lipinski definition) is 1. The van der Waals surface area contributed by atoms with E-state index in [0.717, 1.165) is 31.4 Å². The Morgan fingerprint density at radius 3 is 1.29 bits per heavy atom. The second-order valence-electron chi connectivity index (χ2n) is 9.14. The summed E-state index contributed by atoms with van der Waals surface area (Å²) in [6.07, 6.45) is 18.0. The van der Waals surface area contributed by atoms with Crippen LogP contribution in [0.3, 0.4) is 0 Å². The minimum Gasteiger partial charge on any atom is -0.309 e. The van der Waals surface area contributed by atoms with Crippen molar-refractivity contribution in [3.05, 3.63) is 65.5 Å². The Labute approximate surface area is 219 Å². The number of nitrogens with zero attached hydrogens (tertiary/aromatic N) is 1. The Kier molecular flexibility index (Phi) is 26.8. The smallest absolute Gasteiger partial charge is 0.0270 e. The molecule has 2 heteroatoms. The van der Waals surface area contributed by atoms with E-state index >= 15 is 0 Å². The van der Waals surface area contributed by atoms with Crippen LogP contribution in [0.1, 0.15) is 130 Å². The van der Waals surface area contributed by atoms with Crippen LogP contribution in [-0.2, 0) is 19.3 Å². The normalized spacial score (nSPS) is 9.74. The van der Waals surface area contributed by atoms with Gasteiger partial charge in [0.25, 0.3) is 0 Å². The molecule has 0 fully saturated rings.